The van der Waals surface area contributed by atoms with E-state index in [1.807, 2.05) is 84.1 Å². The first kappa shape index (κ1) is 21.7. The average molecular weight is 432 g/mol. The molecule has 0 bridgehead atoms. The Hall–Kier alpha value is -3.48. The summed E-state index contributed by atoms with van der Waals surface area (Å²) in [7, 11) is 3.70. The molecule has 1 fully saturated rings. The zero-order valence-corrected chi connectivity index (χ0v) is 18.8. The summed E-state index contributed by atoms with van der Waals surface area (Å²) in [5, 5.41) is 8.29. The number of rotatable bonds is 6. The number of piperidine rings is 1. The van der Waals surface area contributed by atoms with Gasteiger partial charge < -0.3 is 14.4 Å². The van der Waals surface area contributed by atoms with Gasteiger partial charge in [0.15, 0.2) is 5.82 Å². The highest BCUT2D eigenvalue weighted by Crippen LogP contribution is 2.38. The maximum absolute atomic E-state index is 13.6. The summed E-state index contributed by atoms with van der Waals surface area (Å²) >= 11 is 0. The smallest absolute Gasteiger partial charge is 0.228 e. The van der Waals surface area contributed by atoms with Gasteiger partial charge in [-0.3, -0.25) is 9.59 Å². The molecule has 7 nitrogen and oxygen atoms in total. The first-order valence-corrected chi connectivity index (χ1v) is 10.9. The van der Waals surface area contributed by atoms with Gasteiger partial charge in [0, 0.05) is 27.1 Å². The second kappa shape index (κ2) is 9.34. The van der Waals surface area contributed by atoms with Crippen molar-refractivity contribution in [3.63, 3.8) is 0 Å². The molecule has 2 atom stereocenters. The van der Waals surface area contributed by atoms with Gasteiger partial charge in [0.1, 0.15) is 5.82 Å². The molecule has 2 heterocycles. The number of carbonyl (C=O) groups is 2. The van der Waals surface area contributed by atoms with Crippen LogP contribution in [-0.2, 0) is 29.7 Å². The first-order chi connectivity index (χ1) is 15.5. The fourth-order valence-corrected chi connectivity index (χ4v) is 4.40. The molecule has 1 aliphatic rings. The highest BCUT2D eigenvalue weighted by atomic mass is 16.2. The van der Waals surface area contributed by atoms with Crippen molar-refractivity contribution in [3.8, 4) is 0 Å². The van der Waals surface area contributed by atoms with Crippen LogP contribution in [0, 0.1) is 12.8 Å². The third-order valence-corrected chi connectivity index (χ3v) is 6.30. The molecule has 32 heavy (non-hydrogen) atoms. The van der Waals surface area contributed by atoms with E-state index in [1.54, 1.807) is 11.9 Å². The largest absolute Gasteiger partial charge is 0.338 e. The van der Waals surface area contributed by atoms with Crippen molar-refractivity contribution in [2.45, 2.75) is 38.9 Å². The molecule has 166 valence electrons. The topological polar surface area (TPSA) is 71.3 Å². The molecule has 0 saturated carbocycles. The molecule has 0 spiro atoms. The minimum atomic E-state index is -0.321. The Morgan fingerprint density at radius 3 is 2.34 bits per heavy atom. The summed E-state index contributed by atoms with van der Waals surface area (Å²) < 4.78 is 1.89. The third-order valence-electron chi connectivity index (χ3n) is 6.30. The Bertz CT molecular complexity index is 1080. The summed E-state index contributed by atoms with van der Waals surface area (Å²) in [5.41, 5.74) is 2.04. The lowest BCUT2D eigenvalue weighted by Gasteiger charge is -2.42. The molecular formula is C25H29N5O2. The molecule has 0 aliphatic carbocycles. The summed E-state index contributed by atoms with van der Waals surface area (Å²) in [4.78, 5) is 30.3. The minimum absolute atomic E-state index is 0.0186. The first-order valence-electron chi connectivity index (χ1n) is 10.9. The summed E-state index contributed by atoms with van der Waals surface area (Å²) in [6.45, 7) is 2.74. The lowest BCUT2D eigenvalue weighted by atomic mass is 9.83. The predicted molar refractivity (Wildman–Crippen MR) is 121 cm³/mol. The third kappa shape index (κ3) is 4.42. The Labute approximate surface area is 188 Å². The van der Waals surface area contributed by atoms with Crippen molar-refractivity contribution in [2.75, 3.05) is 7.05 Å². The van der Waals surface area contributed by atoms with Gasteiger partial charge in [0.2, 0.25) is 11.8 Å². The molecule has 1 saturated heterocycles. The van der Waals surface area contributed by atoms with Crippen LogP contribution in [0.5, 0.6) is 0 Å². The molecule has 1 aromatic heterocycles. The van der Waals surface area contributed by atoms with Crippen molar-refractivity contribution in [2.24, 2.45) is 13.0 Å². The molecule has 2 aromatic carbocycles. The summed E-state index contributed by atoms with van der Waals surface area (Å²) in [5.74, 6) is 1.32. The maximum atomic E-state index is 13.6. The number of amides is 2. The number of benzene rings is 2. The van der Waals surface area contributed by atoms with Crippen LogP contribution in [0.15, 0.2) is 60.7 Å². The van der Waals surface area contributed by atoms with Gasteiger partial charge in [0.25, 0.3) is 0 Å². The number of carbonyl (C=O) groups excluding carboxylic acids is 2. The molecule has 2 amide bonds. The summed E-state index contributed by atoms with van der Waals surface area (Å²) in [6.07, 6.45) is 0.897. The fourth-order valence-electron chi connectivity index (χ4n) is 4.40. The normalized spacial score (nSPS) is 18.6. The van der Waals surface area contributed by atoms with E-state index in [2.05, 4.69) is 10.2 Å². The van der Waals surface area contributed by atoms with E-state index in [9.17, 15) is 9.59 Å². The van der Waals surface area contributed by atoms with Crippen molar-refractivity contribution >= 4 is 11.8 Å². The van der Waals surface area contributed by atoms with Crippen LogP contribution in [0.25, 0.3) is 0 Å². The Kier molecular flexibility index (Phi) is 6.35. The van der Waals surface area contributed by atoms with E-state index in [1.165, 1.54) is 0 Å². The van der Waals surface area contributed by atoms with Crippen LogP contribution >= 0.6 is 0 Å². The van der Waals surface area contributed by atoms with Crippen molar-refractivity contribution < 1.29 is 9.59 Å². The van der Waals surface area contributed by atoms with Gasteiger partial charge in [-0.05, 0) is 24.5 Å². The van der Waals surface area contributed by atoms with E-state index in [-0.39, 0.29) is 23.8 Å². The molecule has 3 aromatic rings. The van der Waals surface area contributed by atoms with Crippen LogP contribution in [0.2, 0.25) is 0 Å². The summed E-state index contributed by atoms with van der Waals surface area (Å²) in [6, 6.07) is 19.5. The minimum Gasteiger partial charge on any atom is -0.338 e. The lowest BCUT2D eigenvalue weighted by Crippen LogP contribution is -2.48. The molecule has 0 radical (unpaired) electrons. The SMILES string of the molecule is Cc1nnc(CN(C)C(=O)C2CCC(=O)N(Cc3ccccc3)C2c2ccccc2)n1C. The number of aromatic nitrogens is 3. The molecular weight excluding hydrogens is 402 g/mol. The number of hydrogen-bond donors (Lipinski definition) is 0. The van der Waals surface area contributed by atoms with E-state index >= 15 is 0 Å². The zero-order chi connectivity index (χ0) is 22.7. The second-order valence-corrected chi connectivity index (χ2v) is 8.42. The molecule has 0 N–H and O–H groups in total. The van der Waals surface area contributed by atoms with Gasteiger partial charge in [-0.25, -0.2) is 0 Å². The van der Waals surface area contributed by atoms with Crippen LogP contribution in [0.4, 0.5) is 0 Å². The van der Waals surface area contributed by atoms with Crippen molar-refractivity contribution in [1.82, 2.24) is 24.6 Å². The Morgan fingerprint density at radius 1 is 1.06 bits per heavy atom. The fraction of sp³-hybridized carbons (Fsp3) is 0.360. The Morgan fingerprint density at radius 2 is 1.72 bits per heavy atom. The van der Waals surface area contributed by atoms with Crippen LogP contribution in [0.1, 0.15) is 41.7 Å². The zero-order valence-electron chi connectivity index (χ0n) is 18.8. The lowest BCUT2D eigenvalue weighted by molar-refractivity contribution is -0.148. The van der Waals surface area contributed by atoms with Crippen LogP contribution in [-0.4, -0.2) is 43.4 Å². The van der Waals surface area contributed by atoms with Crippen molar-refractivity contribution in [3.05, 3.63) is 83.4 Å². The van der Waals surface area contributed by atoms with Crippen LogP contribution < -0.4 is 0 Å². The van der Waals surface area contributed by atoms with E-state index in [0.717, 1.165) is 22.8 Å². The molecule has 1 aliphatic heterocycles. The number of nitrogens with zero attached hydrogens (tertiary/aromatic N) is 5. The highest BCUT2D eigenvalue weighted by molar-refractivity contribution is 5.85. The van der Waals surface area contributed by atoms with E-state index in [4.69, 9.17) is 0 Å². The van der Waals surface area contributed by atoms with Gasteiger partial charge in [-0.15, -0.1) is 10.2 Å². The maximum Gasteiger partial charge on any atom is 0.228 e. The standard InChI is InChI=1S/C25H29N5O2/c1-18-26-27-22(29(18)3)17-28(2)25(32)21-14-15-23(31)30(16-19-10-6-4-7-11-19)24(21)20-12-8-5-9-13-20/h4-13,21,24H,14-17H2,1-3H3. The molecule has 2 unspecified atom stereocenters. The second-order valence-electron chi connectivity index (χ2n) is 8.42. The quantitative estimate of drug-likeness (QED) is 0.601. The number of hydrogen-bond acceptors (Lipinski definition) is 4. The number of likely N-dealkylation sites (tertiary alicyclic amines) is 1. The molecule has 7 heteroatoms. The Balaban J connectivity index is 1.63. The van der Waals surface area contributed by atoms with Crippen LogP contribution in [0.3, 0.4) is 0 Å². The van der Waals surface area contributed by atoms with Gasteiger partial charge in [0.05, 0.1) is 18.5 Å². The number of aryl methyl sites for hydroxylation is 1. The average Bonchev–Trinajstić information content (AvgIpc) is 3.13. The van der Waals surface area contributed by atoms with E-state index < -0.39 is 0 Å². The monoisotopic (exact) mass is 431 g/mol. The van der Waals surface area contributed by atoms with Gasteiger partial charge in [-0.2, -0.15) is 0 Å². The predicted octanol–water partition coefficient (Wildman–Crippen LogP) is 3.26. The van der Waals surface area contributed by atoms with E-state index in [0.29, 0.717) is 25.9 Å². The van der Waals surface area contributed by atoms with Gasteiger partial charge >= 0.3 is 0 Å². The van der Waals surface area contributed by atoms with Gasteiger partial charge in [-0.1, -0.05) is 60.7 Å². The molecule has 4 rings (SSSR count). The highest BCUT2D eigenvalue weighted by Gasteiger charge is 2.41. The van der Waals surface area contributed by atoms with Crippen molar-refractivity contribution in [1.29, 1.82) is 0 Å².